The molecule has 18 heavy (non-hydrogen) atoms. The monoisotopic (exact) mass is 311 g/mol. The first-order chi connectivity index (χ1) is 8.49. The molecule has 96 valence electrons. The number of halogens is 1. The minimum atomic E-state index is -0.233. The highest BCUT2D eigenvalue weighted by atomic mass is 79.9. The van der Waals surface area contributed by atoms with E-state index in [9.17, 15) is 4.79 Å². The molecule has 0 aliphatic rings. The van der Waals surface area contributed by atoms with Gasteiger partial charge in [0.15, 0.2) is 10.4 Å². The maximum Gasteiger partial charge on any atom is 0.287 e. The molecule has 0 saturated carbocycles. The summed E-state index contributed by atoms with van der Waals surface area (Å²) in [5.41, 5.74) is 3.01. The molecule has 2 heterocycles. The molecular weight excluding hydrogens is 298 g/mol. The van der Waals surface area contributed by atoms with Gasteiger partial charge in [0, 0.05) is 24.8 Å². The fourth-order valence-electron chi connectivity index (χ4n) is 1.77. The Balaban J connectivity index is 2.06. The third-order valence-electron chi connectivity index (χ3n) is 2.88. The van der Waals surface area contributed by atoms with E-state index in [1.807, 2.05) is 20.9 Å². The summed E-state index contributed by atoms with van der Waals surface area (Å²) in [6.07, 6.45) is 0. The minimum absolute atomic E-state index is 0.233. The van der Waals surface area contributed by atoms with Crippen LogP contribution in [-0.4, -0.2) is 15.7 Å². The number of rotatable bonds is 3. The molecular formula is C12H14BrN3O2. The van der Waals surface area contributed by atoms with E-state index < -0.39 is 0 Å². The summed E-state index contributed by atoms with van der Waals surface area (Å²) in [4.78, 5) is 11.8. The summed E-state index contributed by atoms with van der Waals surface area (Å²) in [5.74, 6) is 0.0597. The van der Waals surface area contributed by atoms with Gasteiger partial charge in [0.1, 0.15) is 0 Å². The summed E-state index contributed by atoms with van der Waals surface area (Å²) in [6, 6.07) is 3.32. The van der Waals surface area contributed by atoms with Crippen molar-refractivity contribution in [3.8, 4) is 0 Å². The molecule has 2 aromatic rings. The van der Waals surface area contributed by atoms with Crippen molar-refractivity contribution in [2.45, 2.75) is 20.4 Å². The average Bonchev–Trinajstić information content (AvgIpc) is 2.83. The zero-order valence-corrected chi connectivity index (χ0v) is 12.0. The topological polar surface area (TPSA) is 60.1 Å². The van der Waals surface area contributed by atoms with E-state index >= 15 is 0 Å². The highest BCUT2D eigenvalue weighted by Gasteiger charge is 2.13. The Morgan fingerprint density at radius 1 is 1.50 bits per heavy atom. The fourth-order valence-corrected chi connectivity index (χ4v) is 2.07. The van der Waals surface area contributed by atoms with Crippen molar-refractivity contribution in [1.82, 2.24) is 15.1 Å². The Labute approximate surface area is 113 Å². The summed E-state index contributed by atoms with van der Waals surface area (Å²) in [5, 5.41) is 7.12. The lowest BCUT2D eigenvalue weighted by molar-refractivity contribution is 0.0922. The molecule has 0 aromatic carbocycles. The van der Waals surface area contributed by atoms with E-state index in [1.54, 1.807) is 16.8 Å². The second kappa shape index (κ2) is 4.97. The lowest BCUT2D eigenvalue weighted by atomic mass is 10.2. The maximum atomic E-state index is 11.8. The van der Waals surface area contributed by atoms with Crippen molar-refractivity contribution >= 4 is 21.8 Å². The van der Waals surface area contributed by atoms with Gasteiger partial charge in [-0.05, 0) is 41.9 Å². The van der Waals surface area contributed by atoms with Gasteiger partial charge in [0.25, 0.3) is 5.91 Å². The predicted molar refractivity (Wildman–Crippen MR) is 70.3 cm³/mol. The highest BCUT2D eigenvalue weighted by molar-refractivity contribution is 9.10. The molecule has 0 atom stereocenters. The lowest BCUT2D eigenvalue weighted by Crippen LogP contribution is -2.22. The predicted octanol–water partition coefficient (Wildman–Crippen LogP) is 2.32. The SMILES string of the molecule is Cc1nn(C)c(C)c1CNC(=O)c1ccc(Br)o1. The van der Waals surface area contributed by atoms with E-state index in [0.29, 0.717) is 17.0 Å². The molecule has 0 fully saturated rings. The van der Waals surface area contributed by atoms with Crippen molar-refractivity contribution in [1.29, 1.82) is 0 Å². The molecule has 6 heteroatoms. The van der Waals surface area contributed by atoms with E-state index in [1.165, 1.54) is 0 Å². The van der Waals surface area contributed by atoms with Crippen LogP contribution in [0.25, 0.3) is 0 Å². The largest absolute Gasteiger partial charge is 0.444 e. The van der Waals surface area contributed by atoms with Crippen LogP contribution < -0.4 is 5.32 Å². The number of nitrogens with one attached hydrogen (secondary N) is 1. The number of hydrogen-bond donors (Lipinski definition) is 1. The summed E-state index contributed by atoms with van der Waals surface area (Å²) >= 11 is 3.16. The first-order valence-electron chi connectivity index (χ1n) is 5.51. The van der Waals surface area contributed by atoms with Gasteiger partial charge in [-0.2, -0.15) is 5.10 Å². The smallest absolute Gasteiger partial charge is 0.287 e. The molecule has 0 aliphatic carbocycles. The molecule has 0 saturated heterocycles. The van der Waals surface area contributed by atoms with Crippen LogP contribution in [0.15, 0.2) is 21.2 Å². The number of furan rings is 1. The molecule has 5 nitrogen and oxygen atoms in total. The van der Waals surface area contributed by atoms with Crippen LogP contribution in [0.3, 0.4) is 0 Å². The van der Waals surface area contributed by atoms with Crippen molar-refractivity contribution in [2.24, 2.45) is 7.05 Å². The van der Waals surface area contributed by atoms with Gasteiger partial charge < -0.3 is 9.73 Å². The van der Waals surface area contributed by atoms with Gasteiger partial charge in [0.05, 0.1) is 5.69 Å². The number of carbonyl (C=O) groups excluding carboxylic acids is 1. The second-order valence-electron chi connectivity index (χ2n) is 4.06. The van der Waals surface area contributed by atoms with Crippen LogP contribution in [0.4, 0.5) is 0 Å². The first kappa shape index (κ1) is 12.9. The van der Waals surface area contributed by atoms with Crippen molar-refractivity contribution in [2.75, 3.05) is 0 Å². The number of aromatic nitrogens is 2. The van der Waals surface area contributed by atoms with Crippen LogP contribution in [-0.2, 0) is 13.6 Å². The van der Waals surface area contributed by atoms with E-state index in [-0.39, 0.29) is 5.91 Å². The molecule has 0 unspecified atom stereocenters. The third-order valence-corrected chi connectivity index (χ3v) is 3.31. The summed E-state index contributed by atoms with van der Waals surface area (Å²) in [6.45, 7) is 4.35. The van der Waals surface area contributed by atoms with Gasteiger partial charge in [0.2, 0.25) is 0 Å². The molecule has 0 aliphatic heterocycles. The normalized spacial score (nSPS) is 10.7. The van der Waals surface area contributed by atoms with Crippen molar-refractivity contribution in [3.05, 3.63) is 39.5 Å². The van der Waals surface area contributed by atoms with Gasteiger partial charge in [-0.15, -0.1) is 0 Å². The fraction of sp³-hybridized carbons (Fsp3) is 0.333. The van der Waals surface area contributed by atoms with Crippen LogP contribution in [0.1, 0.15) is 27.5 Å². The van der Waals surface area contributed by atoms with Gasteiger partial charge in [-0.25, -0.2) is 0 Å². The summed E-state index contributed by atoms with van der Waals surface area (Å²) < 4.78 is 7.53. The number of carbonyl (C=O) groups is 1. The van der Waals surface area contributed by atoms with Gasteiger partial charge in [-0.3, -0.25) is 9.48 Å². The lowest BCUT2D eigenvalue weighted by Gasteiger charge is -2.03. The second-order valence-corrected chi connectivity index (χ2v) is 4.84. The minimum Gasteiger partial charge on any atom is -0.444 e. The Morgan fingerprint density at radius 2 is 2.22 bits per heavy atom. The molecule has 0 spiro atoms. The third kappa shape index (κ3) is 2.48. The number of nitrogens with zero attached hydrogens (tertiary/aromatic N) is 2. The number of hydrogen-bond acceptors (Lipinski definition) is 3. The molecule has 1 amide bonds. The van der Waals surface area contributed by atoms with Crippen LogP contribution in [0.5, 0.6) is 0 Å². The van der Waals surface area contributed by atoms with Crippen LogP contribution >= 0.6 is 15.9 Å². The van der Waals surface area contributed by atoms with Crippen LogP contribution in [0, 0.1) is 13.8 Å². The standard InChI is InChI=1S/C12H14BrN3O2/c1-7-9(8(2)16(3)15-7)6-14-12(17)10-4-5-11(13)18-10/h4-5H,6H2,1-3H3,(H,14,17). The highest BCUT2D eigenvalue weighted by Crippen LogP contribution is 2.15. The zero-order chi connectivity index (χ0) is 13.3. The van der Waals surface area contributed by atoms with E-state index in [2.05, 4.69) is 26.3 Å². The number of aryl methyl sites for hydroxylation is 2. The molecule has 0 bridgehead atoms. The summed E-state index contributed by atoms with van der Waals surface area (Å²) in [7, 11) is 1.89. The van der Waals surface area contributed by atoms with Crippen molar-refractivity contribution < 1.29 is 9.21 Å². The van der Waals surface area contributed by atoms with E-state index in [4.69, 9.17) is 4.42 Å². The molecule has 2 rings (SSSR count). The zero-order valence-electron chi connectivity index (χ0n) is 10.5. The quantitative estimate of drug-likeness (QED) is 0.946. The molecule has 2 aromatic heterocycles. The van der Waals surface area contributed by atoms with Crippen LogP contribution in [0.2, 0.25) is 0 Å². The Morgan fingerprint density at radius 3 is 2.72 bits per heavy atom. The van der Waals surface area contributed by atoms with Gasteiger partial charge in [-0.1, -0.05) is 0 Å². The molecule has 1 N–H and O–H groups in total. The Hall–Kier alpha value is -1.56. The first-order valence-corrected chi connectivity index (χ1v) is 6.31. The van der Waals surface area contributed by atoms with E-state index in [0.717, 1.165) is 17.0 Å². The van der Waals surface area contributed by atoms with Gasteiger partial charge >= 0.3 is 0 Å². The maximum absolute atomic E-state index is 11.8. The Kier molecular flexibility index (Phi) is 3.56. The number of amides is 1. The molecule has 0 radical (unpaired) electrons. The van der Waals surface area contributed by atoms with Crippen molar-refractivity contribution in [3.63, 3.8) is 0 Å². The average molecular weight is 312 g/mol. The Bertz CT molecular complexity index is 586.